The molecule has 0 unspecified atom stereocenters. The van der Waals surface area contributed by atoms with E-state index in [4.69, 9.17) is 11.1 Å². The third-order valence-corrected chi connectivity index (χ3v) is 3.62. The molecule has 0 spiro atoms. The van der Waals surface area contributed by atoms with Crippen molar-refractivity contribution in [2.75, 3.05) is 10.5 Å². The van der Waals surface area contributed by atoms with E-state index in [-0.39, 0.29) is 0 Å². The Balaban J connectivity index is 2.27. The minimum absolute atomic E-state index is 0.446. The van der Waals surface area contributed by atoms with Crippen molar-refractivity contribution >= 4 is 29.0 Å². The number of benzene rings is 2. The molecular formula is C16H19N3S. The average Bonchev–Trinajstić information content (AvgIpc) is 2.46. The highest BCUT2D eigenvalue weighted by Crippen LogP contribution is 2.23. The third-order valence-electron chi connectivity index (χ3n) is 2.80. The van der Waals surface area contributed by atoms with Crippen LogP contribution in [0, 0.1) is 5.41 Å². The fraction of sp³-hybridized carbons (Fsp3) is 0.188. The minimum atomic E-state index is 0.446. The lowest BCUT2D eigenvalue weighted by Crippen LogP contribution is -2.06. The summed E-state index contributed by atoms with van der Waals surface area (Å²) in [6.45, 7) is 4.25. The Morgan fingerprint density at radius 3 is 2.50 bits per heavy atom. The van der Waals surface area contributed by atoms with Crippen molar-refractivity contribution in [1.82, 2.24) is 0 Å². The van der Waals surface area contributed by atoms with Crippen LogP contribution in [0.3, 0.4) is 0 Å². The van der Waals surface area contributed by atoms with Crippen LogP contribution in [0.25, 0.3) is 0 Å². The summed E-state index contributed by atoms with van der Waals surface area (Å²) < 4.78 is 3.28. The van der Waals surface area contributed by atoms with E-state index in [1.54, 1.807) is 11.9 Å². The molecule has 2 aromatic rings. The van der Waals surface area contributed by atoms with Crippen molar-refractivity contribution < 1.29 is 0 Å². The normalized spacial score (nSPS) is 10.6. The number of nitrogens with one attached hydrogen (secondary N) is 2. The van der Waals surface area contributed by atoms with Gasteiger partial charge in [0.2, 0.25) is 0 Å². The first-order valence-electron chi connectivity index (χ1n) is 6.53. The first-order valence-corrected chi connectivity index (χ1v) is 7.41. The molecule has 4 N–H and O–H groups in total. The maximum absolute atomic E-state index is 8.31. The second kappa shape index (κ2) is 6.48. The van der Waals surface area contributed by atoms with Crippen LogP contribution in [0.15, 0.2) is 48.5 Å². The van der Waals surface area contributed by atoms with Crippen LogP contribution in [0.1, 0.15) is 25.0 Å². The Bertz CT molecular complexity index is 594. The lowest BCUT2D eigenvalue weighted by atomic mass is 10.0. The standard InChI is InChI=1S/C16H19N3S/c1-11(2)20-19-13-8-9-15(17)14(10-13)16(18)12-6-4-3-5-7-12/h3-11,18-19H,17H2,1-2H3. The van der Waals surface area contributed by atoms with Crippen molar-refractivity contribution in [1.29, 1.82) is 5.41 Å². The van der Waals surface area contributed by atoms with Gasteiger partial charge in [-0.1, -0.05) is 44.2 Å². The molecule has 20 heavy (non-hydrogen) atoms. The molecule has 0 aliphatic carbocycles. The topological polar surface area (TPSA) is 61.9 Å². The van der Waals surface area contributed by atoms with Gasteiger partial charge in [-0.15, -0.1) is 0 Å². The molecule has 2 rings (SSSR count). The van der Waals surface area contributed by atoms with E-state index in [0.717, 1.165) is 16.8 Å². The summed E-state index contributed by atoms with van der Waals surface area (Å²) in [5.41, 5.74) is 9.67. The van der Waals surface area contributed by atoms with Crippen LogP contribution in [-0.4, -0.2) is 11.0 Å². The van der Waals surface area contributed by atoms with E-state index in [0.29, 0.717) is 16.6 Å². The number of hydrogen-bond donors (Lipinski definition) is 3. The maximum Gasteiger partial charge on any atom is 0.0705 e. The summed E-state index contributed by atoms with van der Waals surface area (Å²) >= 11 is 1.65. The Morgan fingerprint density at radius 2 is 1.85 bits per heavy atom. The lowest BCUT2D eigenvalue weighted by Gasteiger charge is -2.12. The number of nitrogen functional groups attached to an aromatic ring is 1. The number of nitrogens with two attached hydrogens (primary N) is 1. The minimum Gasteiger partial charge on any atom is -0.398 e. The average molecular weight is 285 g/mol. The molecule has 0 fully saturated rings. The molecule has 2 aromatic carbocycles. The second-order valence-corrected chi connectivity index (χ2v) is 6.19. The molecule has 4 heteroatoms. The van der Waals surface area contributed by atoms with Crippen LogP contribution in [0.5, 0.6) is 0 Å². The summed E-state index contributed by atoms with van der Waals surface area (Å²) in [5.74, 6) is 0. The van der Waals surface area contributed by atoms with E-state index in [2.05, 4.69) is 18.6 Å². The molecule has 3 nitrogen and oxygen atoms in total. The van der Waals surface area contributed by atoms with Crippen molar-refractivity contribution in [3.05, 3.63) is 59.7 Å². The van der Waals surface area contributed by atoms with Crippen molar-refractivity contribution in [2.24, 2.45) is 0 Å². The van der Waals surface area contributed by atoms with Gasteiger partial charge in [-0.25, -0.2) is 0 Å². The number of rotatable bonds is 5. The van der Waals surface area contributed by atoms with Gasteiger partial charge in [0, 0.05) is 27.8 Å². The molecule has 0 bridgehead atoms. The van der Waals surface area contributed by atoms with Gasteiger partial charge < -0.3 is 10.5 Å². The zero-order valence-corrected chi connectivity index (χ0v) is 12.5. The third kappa shape index (κ3) is 3.54. The molecule has 104 valence electrons. The molecule has 0 radical (unpaired) electrons. The Morgan fingerprint density at radius 1 is 1.15 bits per heavy atom. The molecule has 0 saturated heterocycles. The molecule has 0 aliphatic rings. The highest BCUT2D eigenvalue weighted by Gasteiger charge is 2.09. The molecule has 0 heterocycles. The summed E-state index contributed by atoms with van der Waals surface area (Å²) in [6, 6.07) is 15.4. The van der Waals surface area contributed by atoms with Gasteiger partial charge in [0.1, 0.15) is 0 Å². The van der Waals surface area contributed by atoms with Gasteiger partial charge in [-0.2, -0.15) is 0 Å². The van der Waals surface area contributed by atoms with Crippen molar-refractivity contribution in [3.63, 3.8) is 0 Å². The maximum atomic E-state index is 8.31. The zero-order valence-electron chi connectivity index (χ0n) is 11.7. The van der Waals surface area contributed by atoms with Crippen molar-refractivity contribution in [3.8, 4) is 0 Å². The smallest absolute Gasteiger partial charge is 0.0705 e. The summed E-state index contributed by atoms with van der Waals surface area (Å²) in [5, 5.41) is 8.80. The molecule has 0 amide bonds. The van der Waals surface area contributed by atoms with Gasteiger partial charge in [-0.05, 0) is 30.1 Å². The van der Waals surface area contributed by atoms with Crippen LogP contribution >= 0.6 is 11.9 Å². The van der Waals surface area contributed by atoms with Gasteiger partial charge in [0.05, 0.1) is 5.71 Å². The quantitative estimate of drug-likeness (QED) is 0.439. The molecule has 0 aliphatic heterocycles. The van der Waals surface area contributed by atoms with E-state index in [1.807, 2.05) is 48.5 Å². The van der Waals surface area contributed by atoms with Crippen LogP contribution in [0.2, 0.25) is 0 Å². The van der Waals surface area contributed by atoms with Crippen LogP contribution in [0.4, 0.5) is 11.4 Å². The molecule has 0 atom stereocenters. The summed E-state index contributed by atoms with van der Waals surface area (Å²) in [7, 11) is 0. The fourth-order valence-electron chi connectivity index (χ4n) is 1.78. The second-order valence-electron chi connectivity index (χ2n) is 4.81. The van der Waals surface area contributed by atoms with E-state index in [1.165, 1.54) is 0 Å². The Labute approximate surface area is 124 Å². The molecule has 0 aromatic heterocycles. The van der Waals surface area contributed by atoms with Gasteiger partial charge in [-0.3, -0.25) is 5.41 Å². The van der Waals surface area contributed by atoms with Gasteiger partial charge in [0.15, 0.2) is 0 Å². The van der Waals surface area contributed by atoms with Crippen LogP contribution in [-0.2, 0) is 0 Å². The summed E-state index contributed by atoms with van der Waals surface area (Å²) in [4.78, 5) is 0. The van der Waals surface area contributed by atoms with Crippen LogP contribution < -0.4 is 10.5 Å². The lowest BCUT2D eigenvalue weighted by molar-refractivity contribution is 1.12. The summed E-state index contributed by atoms with van der Waals surface area (Å²) in [6.07, 6.45) is 0. The van der Waals surface area contributed by atoms with E-state index in [9.17, 15) is 0 Å². The van der Waals surface area contributed by atoms with Gasteiger partial charge >= 0.3 is 0 Å². The van der Waals surface area contributed by atoms with E-state index >= 15 is 0 Å². The Kier molecular flexibility index (Phi) is 4.69. The van der Waals surface area contributed by atoms with Gasteiger partial charge in [0.25, 0.3) is 0 Å². The Hall–Kier alpha value is -1.94. The predicted octanol–water partition coefficient (Wildman–Crippen LogP) is 4.15. The predicted molar refractivity (Wildman–Crippen MR) is 89.6 cm³/mol. The zero-order chi connectivity index (χ0) is 14.5. The number of anilines is 2. The fourth-order valence-corrected chi connectivity index (χ4v) is 2.28. The van der Waals surface area contributed by atoms with Crippen molar-refractivity contribution in [2.45, 2.75) is 19.1 Å². The first kappa shape index (κ1) is 14.5. The molecule has 0 saturated carbocycles. The highest BCUT2D eigenvalue weighted by atomic mass is 32.2. The number of hydrogen-bond acceptors (Lipinski definition) is 4. The monoisotopic (exact) mass is 285 g/mol. The highest BCUT2D eigenvalue weighted by molar-refractivity contribution is 8.01. The first-order chi connectivity index (χ1) is 9.58. The molecular weight excluding hydrogens is 266 g/mol. The van der Waals surface area contributed by atoms with E-state index < -0.39 is 0 Å². The largest absolute Gasteiger partial charge is 0.398 e. The SMILES string of the molecule is CC(C)SNc1ccc(N)c(C(=N)c2ccccc2)c1.